The molecule has 2 aromatic rings. The monoisotopic (exact) mass is 307 g/mol. The third-order valence-corrected chi connectivity index (χ3v) is 3.49. The van der Waals surface area contributed by atoms with Crippen molar-refractivity contribution < 1.29 is 18.3 Å². The lowest BCUT2D eigenvalue weighted by molar-refractivity contribution is 0.0940. The van der Waals surface area contributed by atoms with Crippen LogP contribution in [0.2, 0.25) is 0 Å². The average molecular weight is 307 g/mol. The standard InChI is InChI=1S/C15H15F2N3O2/c16-13-4-3-10(6-14(13)17)15(21)19-11-7-18-20(8-11)9-12-2-1-5-22-12/h3-4,6-8,12H,1-2,5,9H2,(H,19,21)/t12-/m0/s1. The van der Waals surface area contributed by atoms with E-state index in [9.17, 15) is 13.6 Å². The van der Waals surface area contributed by atoms with E-state index in [0.29, 0.717) is 12.2 Å². The van der Waals surface area contributed by atoms with E-state index < -0.39 is 17.5 Å². The van der Waals surface area contributed by atoms with Gasteiger partial charge in [-0.25, -0.2) is 8.78 Å². The maximum Gasteiger partial charge on any atom is 0.255 e. The van der Waals surface area contributed by atoms with Gasteiger partial charge in [0.15, 0.2) is 11.6 Å². The van der Waals surface area contributed by atoms with E-state index in [1.807, 2.05) is 0 Å². The van der Waals surface area contributed by atoms with Gasteiger partial charge in [0, 0.05) is 18.4 Å². The van der Waals surface area contributed by atoms with Gasteiger partial charge in [-0.15, -0.1) is 0 Å². The number of ether oxygens (including phenoxy) is 1. The zero-order chi connectivity index (χ0) is 15.5. The van der Waals surface area contributed by atoms with Gasteiger partial charge < -0.3 is 10.1 Å². The number of aromatic nitrogens is 2. The van der Waals surface area contributed by atoms with Crippen molar-refractivity contribution in [1.29, 1.82) is 0 Å². The Balaban J connectivity index is 1.63. The molecule has 1 atom stereocenters. The molecule has 1 saturated heterocycles. The van der Waals surface area contributed by atoms with E-state index in [-0.39, 0.29) is 11.7 Å². The molecule has 1 amide bonds. The van der Waals surface area contributed by atoms with Crippen molar-refractivity contribution in [1.82, 2.24) is 9.78 Å². The van der Waals surface area contributed by atoms with Crippen molar-refractivity contribution in [2.75, 3.05) is 11.9 Å². The first kappa shape index (κ1) is 14.6. The first-order valence-electron chi connectivity index (χ1n) is 7.02. The Morgan fingerprint density at radius 3 is 3.00 bits per heavy atom. The van der Waals surface area contributed by atoms with E-state index in [2.05, 4.69) is 10.4 Å². The molecule has 116 valence electrons. The molecule has 1 aromatic heterocycles. The lowest BCUT2D eigenvalue weighted by Crippen LogP contribution is -2.15. The Bertz CT molecular complexity index is 681. The highest BCUT2D eigenvalue weighted by Gasteiger charge is 2.17. The second-order valence-corrected chi connectivity index (χ2v) is 5.17. The van der Waals surface area contributed by atoms with Gasteiger partial charge in [-0.1, -0.05) is 0 Å². The Morgan fingerprint density at radius 2 is 2.27 bits per heavy atom. The van der Waals surface area contributed by atoms with E-state index in [0.717, 1.165) is 31.6 Å². The van der Waals surface area contributed by atoms with Gasteiger partial charge in [0.1, 0.15) is 0 Å². The van der Waals surface area contributed by atoms with E-state index in [1.54, 1.807) is 10.9 Å². The van der Waals surface area contributed by atoms with Gasteiger partial charge in [-0.05, 0) is 31.0 Å². The maximum absolute atomic E-state index is 13.1. The molecule has 0 aliphatic carbocycles. The molecule has 7 heteroatoms. The van der Waals surface area contributed by atoms with Crippen molar-refractivity contribution in [3.8, 4) is 0 Å². The fourth-order valence-corrected chi connectivity index (χ4v) is 2.37. The van der Waals surface area contributed by atoms with Crippen LogP contribution in [-0.4, -0.2) is 28.4 Å². The number of amides is 1. The van der Waals surface area contributed by atoms with Gasteiger partial charge in [0.25, 0.3) is 5.91 Å². The molecule has 1 aromatic carbocycles. The van der Waals surface area contributed by atoms with Crippen LogP contribution in [0.4, 0.5) is 14.5 Å². The van der Waals surface area contributed by atoms with Crippen molar-refractivity contribution >= 4 is 11.6 Å². The summed E-state index contributed by atoms with van der Waals surface area (Å²) < 4.78 is 33.2. The summed E-state index contributed by atoms with van der Waals surface area (Å²) in [5.74, 6) is -2.56. The highest BCUT2D eigenvalue weighted by atomic mass is 19.2. The number of halogens is 2. The molecule has 0 spiro atoms. The summed E-state index contributed by atoms with van der Waals surface area (Å²) >= 11 is 0. The molecule has 0 unspecified atom stereocenters. The molecule has 22 heavy (non-hydrogen) atoms. The topological polar surface area (TPSA) is 56.2 Å². The number of carbonyl (C=O) groups is 1. The van der Waals surface area contributed by atoms with Crippen LogP contribution in [0.3, 0.4) is 0 Å². The van der Waals surface area contributed by atoms with Crippen LogP contribution >= 0.6 is 0 Å². The van der Waals surface area contributed by atoms with Gasteiger partial charge in [-0.2, -0.15) is 5.10 Å². The van der Waals surface area contributed by atoms with Gasteiger partial charge in [-0.3, -0.25) is 9.48 Å². The van der Waals surface area contributed by atoms with Gasteiger partial charge in [0.05, 0.1) is 24.5 Å². The van der Waals surface area contributed by atoms with Crippen molar-refractivity contribution in [3.63, 3.8) is 0 Å². The lowest BCUT2D eigenvalue weighted by atomic mass is 10.2. The molecule has 1 fully saturated rings. The lowest BCUT2D eigenvalue weighted by Gasteiger charge is -2.08. The van der Waals surface area contributed by atoms with Crippen molar-refractivity contribution in [2.24, 2.45) is 0 Å². The molecule has 0 radical (unpaired) electrons. The largest absolute Gasteiger partial charge is 0.376 e. The van der Waals surface area contributed by atoms with E-state index >= 15 is 0 Å². The molecule has 3 rings (SSSR count). The van der Waals surface area contributed by atoms with Crippen LogP contribution in [-0.2, 0) is 11.3 Å². The van der Waals surface area contributed by atoms with Crippen LogP contribution < -0.4 is 5.32 Å². The minimum Gasteiger partial charge on any atom is -0.376 e. The first-order chi connectivity index (χ1) is 10.6. The molecule has 0 bridgehead atoms. The number of carbonyl (C=O) groups excluding carboxylic acids is 1. The predicted octanol–water partition coefficient (Wildman–Crippen LogP) is 2.59. The third-order valence-electron chi connectivity index (χ3n) is 3.49. The number of hydrogen-bond acceptors (Lipinski definition) is 3. The zero-order valence-electron chi connectivity index (χ0n) is 11.8. The Hall–Kier alpha value is -2.28. The Labute approximate surface area is 125 Å². The van der Waals surface area contributed by atoms with Gasteiger partial charge in [0.2, 0.25) is 0 Å². The minimum atomic E-state index is -1.05. The highest BCUT2D eigenvalue weighted by Crippen LogP contribution is 2.16. The van der Waals surface area contributed by atoms with Crippen LogP contribution in [0.1, 0.15) is 23.2 Å². The molecule has 5 nitrogen and oxygen atoms in total. The summed E-state index contributed by atoms with van der Waals surface area (Å²) in [5.41, 5.74) is 0.540. The highest BCUT2D eigenvalue weighted by molar-refractivity contribution is 6.04. The predicted molar refractivity (Wildman–Crippen MR) is 75.5 cm³/mol. The summed E-state index contributed by atoms with van der Waals surface area (Å²) in [6.07, 6.45) is 5.38. The van der Waals surface area contributed by atoms with Crippen molar-refractivity contribution in [3.05, 3.63) is 47.8 Å². The van der Waals surface area contributed by atoms with Crippen LogP contribution in [0, 0.1) is 11.6 Å². The Kier molecular flexibility index (Phi) is 4.15. The van der Waals surface area contributed by atoms with Gasteiger partial charge >= 0.3 is 0 Å². The fourth-order valence-electron chi connectivity index (χ4n) is 2.37. The maximum atomic E-state index is 13.1. The normalized spacial score (nSPS) is 17.6. The fraction of sp³-hybridized carbons (Fsp3) is 0.333. The summed E-state index contributed by atoms with van der Waals surface area (Å²) in [6, 6.07) is 3.01. The second kappa shape index (κ2) is 6.23. The number of nitrogens with one attached hydrogen (secondary N) is 1. The minimum absolute atomic E-state index is 0.0470. The molecular weight excluding hydrogens is 292 g/mol. The molecule has 1 N–H and O–H groups in total. The van der Waals surface area contributed by atoms with Crippen LogP contribution in [0.25, 0.3) is 0 Å². The van der Waals surface area contributed by atoms with Crippen molar-refractivity contribution in [2.45, 2.75) is 25.5 Å². The summed E-state index contributed by atoms with van der Waals surface area (Å²) in [5, 5.41) is 6.74. The molecule has 1 aliphatic rings. The van der Waals surface area contributed by atoms with Crippen LogP contribution in [0.5, 0.6) is 0 Å². The molecule has 1 aliphatic heterocycles. The number of anilines is 1. The second-order valence-electron chi connectivity index (χ2n) is 5.17. The SMILES string of the molecule is O=C(Nc1cnn(C[C@@H]2CCCO2)c1)c1ccc(F)c(F)c1. The number of hydrogen-bond donors (Lipinski definition) is 1. The number of rotatable bonds is 4. The number of benzene rings is 1. The third kappa shape index (κ3) is 3.30. The van der Waals surface area contributed by atoms with E-state index in [4.69, 9.17) is 4.74 Å². The summed E-state index contributed by atoms with van der Waals surface area (Å²) in [7, 11) is 0. The van der Waals surface area contributed by atoms with E-state index in [1.165, 1.54) is 12.3 Å². The molecule has 2 heterocycles. The quantitative estimate of drug-likeness (QED) is 0.944. The zero-order valence-corrected chi connectivity index (χ0v) is 11.8. The average Bonchev–Trinajstić information content (AvgIpc) is 3.14. The smallest absolute Gasteiger partial charge is 0.255 e. The first-order valence-corrected chi connectivity index (χ1v) is 7.02. The molecular formula is C15H15F2N3O2. The molecule has 0 saturated carbocycles. The summed E-state index contributed by atoms with van der Waals surface area (Å²) in [4.78, 5) is 12.0. The summed E-state index contributed by atoms with van der Waals surface area (Å²) in [6.45, 7) is 1.40. The Morgan fingerprint density at radius 1 is 1.41 bits per heavy atom. The number of nitrogens with zero attached hydrogens (tertiary/aromatic N) is 2. The van der Waals surface area contributed by atoms with Crippen LogP contribution in [0.15, 0.2) is 30.6 Å².